The molecule has 132 valence electrons. The number of halogens is 1. The van der Waals surface area contributed by atoms with Gasteiger partial charge < -0.3 is 9.32 Å². The third-order valence-electron chi connectivity index (χ3n) is 4.74. The largest absolute Gasteiger partial charge is 0.440 e. The standard InChI is InChI=1S/C21H19ClN2O2/c22-17-7-8-19-18(14-17)23-21(26-19)16-10-12-24(13-11-16)20(25)9-6-15-4-2-1-3-5-15/h1-9,14,16H,10-13H2/b9-6+. The second-order valence-electron chi connectivity index (χ2n) is 6.51. The predicted molar refractivity (Wildman–Crippen MR) is 103 cm³/mol. The SMILES string of the molecule is O=C(/C=C/c1ccccc1)N1CCC(c2nc3cc(Cl)ccc3o2)CC1. The van der Waals surface area contributed by atoms with Gasteiger partial charge in [0.05, 0.1) is 0 Å². The Balaban J connectivity index is 1.38. The Morgan fingerprint density at radius 1 is 1.15 bits per heavy atom. The van der Waals surface area contributed by atoms with Crippen LogP contribution in [-0.2, 0) is 4.79 Å². The summed E-state index contributed by atoms with van der Waals surface area (Å²) in [6, 6.07) is 15.3. The predicted octanol–water partition coefficient (Wildman–Crippen LogP) is 4.90. The molecule has 2 heterocycles. The van der Waals surface area contributed by atoms with Crippen LogP contribution in [0.1, 0.15) is 30.2 Å². The number of rotatable bonds is 3. The van der Waals surface area contributed by atoms with Gasteiger partial charge in [-0.2, -0.15) is 0 Å². The van der Waals surface area contributed by atoms with Gasteiger partial charge in [-0.15, -0.1) is 0 Å². The maximum absolute atomic E-state index is 12.4. The molecule has 2 aromatic carbocycles. The molecule has 0 bridgehead atoms. The van der Waals surface area contributed by atoms with Crippen molar-refractivity contribution in [3.8, 4) is 0 Å². The molecule has 0 unspecified atom stereocenters. The molecule has 0 spiro atoms. The van der Waals surface area contributed by atoms with Crippen LogP contribution in [0, 0.1) is 0 Å². The third-order valence-corrected chi connectivity index (χ3v) is 4.98. The summed E-state index contributed by atoms with van der Waals surface area (Å²) in [6.45, 7) is 1.42. The Morgan fingerprint density at radius 3 is 2.69 bits per heavy atom. The second-order valence-corrected chi connectivity index (χ2v) is 6.94. The molecule has 0 saturated carbocycles. The van der Waals surface area contributed by atoms with E-state index in [0.29, 0.717) is 18.1 Å². The first kappa shape index (κ1) is 16.9. The average Bonchev–Trinajstić information content (AvgIpc) is 3.10. The van der Waals surface area contributed by atoms with Crippen molar-refractivity contribution in [3.63, 3.8) is 0 Å². The second kappa shape index (κ2) is 7.34. The van der Waals surface area contributed by atoms with Gasteiger partial charge in [-0.1, -0.05) is 41.9 Å². The van der Waals surface area contributed by atoms with E-state index in [0.717, 1.165) is 35.4 Å². The fourth-order valence-electron chi connectivity index (χ4n) is 3.28. The molecule has 0 radical (unpaired) electrons. The van der Waals surface area contributed by atoms with Crippen LogP contribution < -0.4 is 0 Å². The Bertz CT molecular complexity index is 941. The Labute approximate surface area is 157 Å². The maximum atomic E-state index is 12.4. The molecule has 0 N–H and O–H groups in total. The summed E-state index contributed by atoms with van der Waals surface area (Å²) < 4.78 is 5.88. The van der Waals surface area contributed by atoms with Gasteiger partial charge in [0, 0.05) is 30.1 Å². The summed E-state index contributed by atoms with van der Waals surface area (Å²) in [7, 11) is 0. The topological polar surface area (TPSA) is 46.3 Å². The van der Waals surface area contributed by atoms with E-state index >= 15 is 0 Å². The van der Waals surface area contributed by atoms with Gasteiger partial charge in [0.2, 0.25) is 5.91 Å². The van der Waals surface area contributed by atoms with Crippen molar-refractivity contribution in [2.24, 2.45) is 0 Å². The van der Waals surface area contributed by atoms with Crippen molar-refractivity contribution < 1.29 is 9.21 Å². The molecule has 26 heavy (non-hydrogen) atoms. The smallest absolute Gasteiger partial charge is 0.246 e. The third kappa shape index (κ3) is 3.65. The average molecular weight is 367 g/mol. The van der Waals surface area contributed by atoms with E-state index in [1.165, 1.54) is 0 Å². The summed E-state index contributed by atoms with van der Waals surface area (Å²) in [5.41, 5.74) is 2.58. The molecular weight excluding hydrogens is 348 g/mol. The summed E-state index contributed by atoms with van der Waals surface area (Å²) in [4.78, 5) is 18.8. The van der Waals surface area contributed by atoms with Crippen LogP contribution in [0.4, 0.5) is 0 Å². The number of hydrogen-bond donors (Lipinski definition) is 0. The normalized spacial score (nSPS) is 15.8. The number of likely N-dealkylation sites (tertiary alicyclic amines) is 1. The van der Waals surface area contributed by atoms with Crippen molar-refractivity contribution in [2.75, 3.05) is 13.1 Å². The van der Waals surface area contributed by atoms with Gasteiger partial charge in [-0.25, -0.2) is 4.98 Å². The van der Waals surface area contributed by atoms with Crippen molar-refractivity contribution in [1.82, 2.24) is 9.88 Å². The van der Waals surface area contributed by atoms with Crippen LogP contribution in [0.15, 0.2) is 59.0 Å². The fourth-order valence-corrected chi connectivity index (χ4v) is 3.44. The molecule has 0 aliphatic carbocycles. The summed E-state index contributed by atoms with van der Waals surface area (Å²) >= 11 is 6.01. The van der Waals surface area contributed by atoms with Gasteiger partial charge >= 0.3 is 0 Å². The first-order valence-corrected chi connectivity index (χ1v) is 9.15. The first-order valence-electron chi connectivity index (χ1n) is 8.77. The number of oxazole rings is 1. The highest BCUT2D eigenvalue weighted by molar-refractivity contribution is 6.31. The lowest BCUT2D eigenvalue weighted by Crippen LogP contribution is -2.36. The van der Waals surface area contributed by atoms with E-state index in [1.807, 2.05) is 53.4 Å². The van der Waals surface area contributed by atoms with Crippen molar-refractivity contribution in [2.45, 2.75) is 18.8 Å². The molecule has 1 saturated heterocycles. The van der Waals surface area contributed by atoms with E-state index in [1.54, 1.807) is 12.1 Å². The molecule has 5 heteroatoms. The molecule has 4 nitrogen and oxygen atoms in total. The van der Waals surface area contributed by atoms with Gasteiger partial charge in [0.15, 0.2) is 11.5 Å². The maximum Gasteiger partial charge on any atom is 0.246 e. The van der Waals surface area contributed by atoms with Crippen molar-refractivity contribution in [1.29, 1.82) is 0 Å². The highest BCUT2D eigenvalue weighted by atomic mass is 35.5. The van der Waals surface area contributed by atoms with E-state index < -0.39 is 0 Å². The zero-order valence-corrected chi connectivity index (χ0v) is 15.0. The van der Waals surface area contributed by atoms with Crippen molar-refractivity contribution in [3.05, 3.63) is 71.1 Å². The monoisotopic (exact) mass is 366 g/mol. The highest BCUT2D eigenvalue weighted by Gasteiger charge is 2.26. The van der Waals surface area contributed by atoms with Gasteiger partial charge in [-0.05, 0) is 42.7 Å². The number of fused-ring (bicyclic) bond motifs is 1. The number of nitrogens with zero attached hydrogens (tertiary/aromatic N) is 2. The first-order chi connectivity index (χ1) is 12.7. The van der Waals surface area contributed by atoms with Crippen LogP contribution in [0.2, 0.25) is 5.02 Å². The molecule has 1 aliphatic rings. The minimum absolute atomic E-state index is 0.0525. The van der Waals surface area contributed by atoms with Crippen molar-refractivity contribution >= 4 is 34.7 Å². The number of amides is 1. The molecule has 0 atom stereocenters. The van der Waals surface area contributed by atoms with Crippen LogP contribution in [-0.4, -0.2) is 28.9 Å². The highest BCUT2D eigenvalue weighted by Crippen LogP contribution is 2.30. The number of aromatic nitrogens is 1. The zero-order chi connectivity index (χ0) is 17.9. The molecule has 1 aliphatic heterocycles. The molecular formula is C21H19ClN2O2. The van der Waals surface area contributed by atoms with E-state index in [9.17, 15) is 4.79 Å². The summed E-state index contributed by atoms with van der Waals surface area (Å²) in [5.74, 6) is 1.04. The Kier molecular flexibility index (Phi) is 4.76. The quantitative estimate of drug-likeness (QED) is 0.619. The minimum Gasteiger partial charge on any atom is -0.440 e. The number of hydrogen-bond acceptors (Lipinski definition) is 3. The lowest BCUT2D eigenvalue weighted by Gasteiger charge is -2.29. The summed E-state index contributed by atoms with van der Waals surface area (Å²) in [6.07, 6.45) is 5.22. The lowest BCUT2D eigenvalue weighted by atomic mass is 9.96. The van der Waals surface area contributed by atoms with Gasteiger partial charge in [0.25, 0.3) is 0 Å². The van der Waals surface area contributed by atoms with Crippen LogP contribution >= 0.6 is 11.6 Å². The van der Waals surface area contributed by atoms with E-state index in [4.69, 9.17) is 16.0 Å². The van der Waals surface area contributed by atoms with Crippen LogP contribution in [0.5, 0.6) is 0 Å². The molecule has 1 amide bonds. The zero-order valence-electron chi connectivity index (χ0n) is 14.3. The molecule has 1 fully saturated rings. The summed E-state index contributed by atoms with van der Waals surface area (Å²) in [5, 5.41) is 0.656. The van der Waals surface area contributed by atoms with E-state index in [-0.39, 0.29) is 11.8 Å². The number of carbonyl (C=O) groups excluding carboxylic acids is 1. The number of benzene rings is 2. The number of carbonyl (C=O) groups is 1. The molecule has 1 aromatic heterocycles. The Hall–Kier alpha value is -2.59. The number of piperidine rings is 1. The molecule has 4 rings (SSSR count). The van der Waals surface area contributed by atoms with Crippen LogP contribution in [0.25, 0.3) is 17.2 Å². The fraction of sp³-hybridized carbons (Fsp3) is 0.238. The lowest BCUT2D eigenvalue weighted by molar-refractivity contribution is -0.127. The van der Waals surface area contributed by atoms with Gasteiger partial charge in [0.1, 0.15) is 5.52 Å². The van der Waals surface area contributed by atoms with Crippen LogP contribution in [0.3, 0.4) is 0 Å². The minimum atomic E-state index is 0.0525. The Morgan fingerprint density at radius 2 is 1.92 bits per heavy atom. The van der Waals surface area contributed by atoms with E-state index in [2.05, 4.69) is 4.98 Å². The molecule has 3 aromatic rings. The van der Waals surface area contributed by atoms with Gasteiger partial charge in [-0.3, -0.25) is 4.79 Å².